The number of rotatable bonds is 4. The Bertz CT molecular complexity index is 443. The van der Waals surface area contributed by atoms with Crippen molar-refractivity contribution in [1.29, 1.82) is 0 Å². The maximum Gasteiger partial charge on any atom is 0.243 e. The van der Waals surface area contributed by atoms with Gasteiger partial charge >= 0.3 is 0 Å². The van der Waals surface area contributed by atoms with Gasteiger partial charge in [-0.15, -0.1) is 0 Å². The maximum absolute atomic E-state index is 13.3. The zero-order chi connectivity index (χ0) is 11.5. The van der Waals surface area contributed by atoms with Crippen LogP contribution in [0.5, 0.6) is 0 Å². The van der Waals surface area contributed by atoms with E-state index in [9.17, 15) is 12.8 Å². The molecule has 0 aliphatic carbocycles. The van der Waals surface area contributed by atoms with Crippen LogP contribution in [-0.2, 0) is 10.0 Å². The number of hydrogen-bond donors (Lipinski definition) is 1. The Hall–Kier alpha value is -0.940. The zero-order valence-electron chi connectivity index (χ0n) is 8.75. The molecule has 1 aromatic carbocycles. The van der Waals surface area contributed by atoms with E-state index in [1.807, 2.05) is 6.92 Å². The predicted octanol–water partition coefficient (Wildman–Crippen LogP) is 1.82. The molecule has 0 bridgehead atoms. The third-order valence-electron chi connectivity index (χ3n) is 1.92. The van der Waals surface area contributed by atoms with Crippen LogP contribution in [0.15, 0.2) is 23.1 Å². The second kappa shape index (κ2) is 4.72. The highest BCUT2D eigenvalue weighted by Gasteiger charge is 2.17. The first-order chi connectivity index (χ1) is 6.97. The average Bonchev–Trinajstić information content (AvgIpc) is 2.18. The molecule has 5 heteroatoms. The van der Waals surface area contributed by atoms with Gasteiger partial charge in [0.05, 0.1) is 0 Å². The van der Waals surface area contributed by atoms with Gasteiger partial charge in [-0.25, -0.2) is 17.5 Å². The zero-order valence-corrected chi connectivity index (χ0v) is 9.57. The fourth-order valence-corrected chi connectivity index (χ4v) is 2.42. The molecule has 0 fully saturated rings. The van der Waals surface area contributed by atoms with Crippen molar-refractivity contribution in [3.8, 4) is 0 Å². The monoisotopic (exact) mass is 231 g/mol. The highest BCUT2D eigenvalue weighted by atomic mass is 32.2. The molecule has 0 amide bonds. The molecule has 15 heavy (non-hydrogen) atoms. The fourth-order valence-electron chi connectivity index (χ4n) is 1.13. The first kappa shape index (κ1) is 12.1. The molecule has 0 aliphatic heterocycles. The van der Waals surface area contributed by atoms with Crippen LogP contribution in [0.3, 0.4) is 0 Å². The third-order valence-corrected chi connectivity index (χ3v) is 3.39. The molecule has 0 aromatic heterocycles. The molecule has 0 spiro atoms. The average molecular weight is 231 g/mol. The molecule has 0 unspecified atom stereocenters. The summed E-state index contributed by atoms with van der Waals surface area (Å²) < 4.78 is 38.8. The molecule has 3 nitrogen and oxygen atoms in total. The molecule has 1 N–H and O–H groups in total. The molecule has 0 saturated heterocycles. The second-order valence-corrected chi connectivity index (χ2v) is 5.07. The largest absolute Gasteiger partial charge is 0.243 e. The lowest BCUT2D eigenvalue weighted by Gasteiger charge is -2.07. The van der Waals surface area contributed by atoms with Crippen molar-refractivity contribution >= 4 is 10.0 Å². The van der Waals surface area contributed by atoms with Crippen LogP contribution in [-0.4, -0.2) is 15.0 Å². The van der Waals surface area contributed by atoms with Gasteiger partial charge in [-0.3, -0.25) is 0 Å². The Labute approximate surface area is 89.4 Å². The molecular formula is C10H14FNO2S. The van der Waals surface area contributed by atoms with E-state index in [4.69, 9.17) is 0 Å². The van der Waals surface area contributed by atoms with Gasteiger partial charge in [0.25, 0.3) is 0 Å². The van der Waals surface area contributed by atoms with Gasteiger partial charge < -0.3 is 0 Å². The second-order valence-electron chi connectivity index (χ2n) is 3.33. The van der Waals surface area contributed by atoms with Crippen molar-refractivity contribution in [1.82, 2.24) is 4.72 Å². The van der Waals surface area contributed by atoms with Gasteiger partial charge in [-0.1, -0.05) is 13.0 Å². The van der Waals surface area contributed by atoms with Crippen molar-refractivity contribution in [2.45, 2.75) is 25.2 Å². The van der Waals surface area contributed by atoms with E-state index >= 15 is 0 Å². The molecule has 84 valence electrons. The molecule has 1 rings (SSSR count). The highest BCUT2D eigenvalue weighted by Crippen LogP contribution is 2.15. The van der Waals surface area contributed by atoms with Crippen LogP contribution in [0.25, 0.3) is 0 Å². The number of hydrogen-bond acceptors (Lipinski definition) is 2. The summed E-state index contributed by atoms with van der Waals surface area (Å²) in [5.74, 6) is -0.718. The van der Waals surface area contributed by atoms with Crippen molar-refractivity contribution in [2.24, 2.45) is 0 Å². The van der Waals surface area contributed by atoms with Crippen LogP contribution >= 0.6 is 0 Å². The lowest BCUT2D eigenvalue weighted by molar-refractivity contribution is 0.556. The summed E-state index contributed by atoms with van der Waals surface area (Å²) in [7, 11) is -3.70. The van der Waals surface area contributed by atoms with E-state index < -0.39 is 15.8 Å². The summed E-state index contributed by atoms with van der Waals surface area (Å²) in [6.07, 6.45) is 0.673. The van der Waals surface area contributed by atoms with Crippen LogP contribution in [0.2, 0.25) is 0 Å². The molecular weight excluding hydrogens is 217 g/mol. The van der Waals surface area contributed by atoms with Crippen molar-refractivity contribution in [2.75, 3.05) is 6.54 Å². The van der Waals surface area contributed by atoms with Crippen LogP contribution in [0.1, 0.15) is 18.9 Å². The van der Waals surface area contributed by atoms with Crippen LogP contribution in [0, 0.1) is 12.7 Å². The number of benzene rings is 1. The Morgan fingerprint density at radius 1 is 1.40 bits per heavy atom. The maximum atomic E-state index is 13.3. The lowest BCUT2D eigenvalue weighted by Crippen LogP contribution is -2.25. The van der Waals surface area contributed by atoms with Crippen LogP contribution < -0.4 is 4.72 Å². The van der Waals surface area contributed by atoms with Gasteiger partial charge in [-0.05, 0) is 31.0 Å². The lowest BCUT2D eigenvalue weighted by atomic mass is 10.2. The standard InChI is InChI=1S/C10H14FNO2S/c1-3-6-12-15(13,14)10-7-8(2)4-5-9(10)11/h4-5,7,12H,3,6H2,1-2H3. The molecule has 0 atom stereocenters. The summed E-state index contributed by atoms with van der Waals surface area (Å²) in [5.41, 5.74) is 0.716. The van der Waals surface area contributed by atoms with Crippen molar-refractivity contribution in [3.05, 3.63) is 29.6 Å². The van der Waals surface area contributed by atoms with E-state index in [1.165, 1.54) is 12.1 Å². The highest BCUT2D eigenvalue weighted by molar-refractivity contribution is 7.89. The van der Waals surface area contributed by atoms with Crippen molar-refractivity contribution < 1.29 is 12.8 Å². The number of aryl methyl sites for hydroxylation is 1. The van der Waals surface area contributed by atoms with E-state index in [1.54, 1.807) is 6.92 Å². The Kier molecular flexibility index (Phi) is 3.82. The Morgan fingerprint density at radius 3 is 2.67 bits per heavy atom. The van der Waals surface area contributed by atoms with Gasteiger partial charge in [-0.2, -0.15) is 0 Å². The van der Waals surface area contributed by atoms with E-state index in [0.717, 1.165) is 6.07 Å². The van der Waals surface area contributed by atoms with Gasteiger partial charge in [0.2, 0.25) is 10.0 Å². The SMILES string of the molecule is CCCNS(=O)(=O)c1cc(C)ccc1F. The van der Waals surface area contributed by atoms with Gasteiger partial charge in [0.15, 0.2) is 0 Å². The fraction of sp³-hybridized carbons (Fsp3) is 0.400. The molecule has 0 aliphatic rings. The summed E-state index contributed by atoms with van der Waals surface area (Å²) in [4.78, 5) is -0.282. The summed E-state index contributed by atoms with van der Waals surface area (Å²) in [6.45, 7) is 3.88. The topological polar surface area (TPSA) is 46.2 Å². The van der Waals surface area contributed by atoms with E-state index in [0.29, 0.717) is 18.5 Å². The minimum Gasteiger partial charge on any atom is -0.211 e. The number of sulfonamides is 1. The minimum absolute atomic E-state index is 0.282. The first-order valence-electron chi connectivity index (χ1n) is 4.73. The quantitative estimate of drug-likeness (QED) is 0.859. The summed E-state index contributed by atoms with van der Waals surface area (Å²) in [6, 6.07) is 4.03. The molecule has 0 radical (unpaired) electrons. The normalized spacial score (nSPS) is 11.7. The van der Waals surface area contributed by atoms with Crippen LogP contribution in [0.4, 0.5) is 4.39 Å². The van der Waals surface area contributed by atoms with Crippen molar-refractivity contribution in [3.63, 3.8) is 0 Å². The summed E-state index contributed by atoms with van der Waals surface area (Å²) in [5, 5.41) is 0. The van der Waals surface area contributed by atoms with E-state index in [2.05, 4.69) is 4.72 Å². The van der Waals surface area contributed by atoms with Gasteiger partial charge in [0, 0.05) is 6.54 Å². The first-order valence-corrected chi connectivity index (χ1v) is 6.21. The number of nitrogens with one attached hydrogen (secondary N) is 1. The molecule has 0 heterocycles. The van der Waals surface area contributed by atoms with E-state index in [-0.39, 0.29) is 4.90 Å². The Morgan fingerprint density at radius 2 is 2.07 bits per heavy atom. The third kappa shape index (κ3) is 3.00. The number of halogens is 1. The Balaban J connectivity index is 3.09. The molecule has 1 aromatic rings. The predicted molar refractivity (Wildman–Crippen MR) is 56.6 cm³/mol. The summed E-state index contributed by atoms with van der Waals surface area (Å²) >= 11 is 0. The smallest absolute Gasteiger partial charge is 0.211 e. The van der Waals surface area contributed by atoms with Gasteiger partial charge in [0.1, 0.15) is 10.7 Å². The molecule has 0 saturated carbocycles. The minimum atomic E-state index is -3.70.